The standard InChI is InChI=1S/C12H19NO2S/c1-9-5-6-11(13)7-10(9)8-16(14,15)12(2,3)4/h5-7H,8,13H2,1-4H3. The highest BCUT2D eigenvalue weighted by molar-refractivity contribution is 7.91. The second-order valence-corrected chi connectivity index (χ2v) is 7.80. The van der Waals surface area contributed by atoms with Crippen molar-refractivity contribution in [3.8, 4) is 0 Å². The van der Waals surface area contributed by atoms with Gasteiger partial charge in [0.05, 0.1) is 10.5 Å². The quantitative estimate of drug-likeness (QED) is 0.808. The molecule has 0 unspecified atom stereocenters. The first kappa shape index (κ1) is 13.0. The summed E-state index contributed by atoms with van der Waals surface area (Å²) in [4.78, 5) is 0. The molecule has 0 fully saturated rings. The van der Waals surface area contributed by atoms with Crippen LogP contribution in [0.2, 0.25) is 0 Å². The Morgan fingerprint density at radius 3 is 2.31 bits per heavy atom. The van der Waals surface area contributed by atoms with Gasteiger partial charge in [-0.05, 0) is 51.0 Å². The van der Waals surface area contributed by atoms with E-state index in [1.807, 2.05) is 13.0 Å². The van der Waals surface area contributed by atoms with Crippen molar-refractivity contribution in [1.29, 1.82) is 0 Å². The zero-order valence-electron chi connectivity index (χ0n) is 10.2. The van der Waals surface area contributed by atoms with E-state index in [0.29, 0.717) is 5.69 Å². The molecule has 90 valence electrons. The predicted molar refractivity (Wildman–Crippen MR) is 68.0 cm³/mol. The van der Waals surface area contributed by atoms with Crippen molar-refractivity contribution in [2.75, 3.05) is 5.73 Å². The molecule has 0 radical (unpaired) electrons. The first-order valence-electron chi connectivity index (χ1n) is 5.21. The van der Waals surface area contributed by atoms with Crippen LogP contribution in [0.1, 0.15) is 31.9 Å². The second-order valence-electron chi connectivity index (χ2n) is 5.06. The molecule has 1 aromatic carbocycles. The van der Waals surface area contributed by atoms with Gasteiger partial charge in [-0.25, -0.2) is 8.42 Å². The maximum absolute atomic E-state index is 12.0. The van der Waals surface area contributed by atoms with E-state index in [2.05, 4.69) is 0 Å². The molecule has 0 aliphatic heterocycles. The molecule has 0 heterocycles. The van der Waals surface area contributed by atoms with Crippen molar-refractivity contribution >= 4 is 15.5 Å². The fourth-order valence-corrected chi connectivity index (χ4v) is 2.42. The van der Waals surface area contributed by atoms with Crippen LogP contribution in [0, 0.1) is 6.92 Å². The van der Waals surface area contributed by atoms with Crippen LogP contribution in [0.15, 0.2) is 18.2 Å². The summed E-state index contributed by atoms with van der Waals surface area (Å²) in [5.41, 5.74) is 8.01. The number of anilines is 1. The minimum Gasteiger partial charge on any atom is -0.399 e. The molecule has 3 nitrogen and oxygen atoms in total. The zero-order chi connectivity index (χ0) is 12.6. The molecule has 0 saturated carbocycles. The Hall–Kier alpha value is -1.03. The number of benzene rings is 1. The normalized spacial score (nSPS) is 12.8. The van der Waals surface area contributed by atoms with E-state index >= 15 is 0 Å². The van der Waals surface area contributed by atoms with Crippen LogP contribution in [-0.2, 0) is 15.6 Å². The van der Waals surface area contributed by atoms with Gasteiger partial charge in [0.2, 0.25) is 0 Å². The lowest BCUT2D eigenvalue weighted by Crippen LogP contribution is -2.29. The topological polar surface area (TPSA) is 60.2 Å². The highest BCUT2D eigenvalue weighted by Gasteiger charge is 2.29. The molecule has 0 aromatic heterocycles. The number of sulfone groups is 1. The van der Waals surface area contributed by atoms with Gasteiger partial charge in [-0.1, -0.05) is 6.07 Å². The third-order valence-electron chi connectivity index (χ3n) is 2.65. The Labute approximate surface area is 97.6 Å². The fourth-order valence-electron chi connectivity index (χ4n) is 1.27. The minimum absolute atomic E-state index is 0.0490. The summed E-state index contributed by atoms with van der Waals surface area (Å²) >= 11 is 0. The van der Waals surface area contributed by atoms with Gasteiger partial charge in [0.25, 0.3) is 0 Å². The van der Waals surface area contributed by atoms with Crippen LogP contribution < -0.4 is 5.73 Å². The van der Waals surface area contributed by atoms with Crippen molar-refractivity contribution in [2.45, 2.75) is 38.2 Å². The molecule has 4 heteroatoms. The average molecular weight is 241 g/mol. The molecule has 0 aliphatic rings. The highest BCUT2D eigenvalue weighted by atomic mass is 32.2. The van der Waals surface area contributed by atoms with Gasteiger partial charge < -0.3 is 5.73 Å². The number of hydrogen-bond acceptors (Lipinski definition) is 3. The molecule has 1 aromatic rings. The SMILES string of the molecule is Cc1ccc(N)cc1CS(=O)(=O)C(C)(C)C. The van der Waals surface area contributed by atoms with E-state index < -0.39 is 14.6 Å². The molecular formula is C12H19NO2S. The molecule has 0 atom stereocenters. The third-order valence-corrected chi connectivity index (χ3v) is 5.21. The summed E-state index contributed by atoms with van der Waals surface area (Å²) < 4.78 is 23.4. The Morgan fingerprint density at radius 2 is 1.81 bits per heavy atom. The van der Waals surface area contributed by atoms with Gasteiger partial charge in [0.1, 0.15) is 0 Å². The Bertz CT molecular complexity index is 484. The smallest absolute Gasteiger partial charge is 0.159 e. The van der Waals surface area contributed by atoms with Crippen LogP contribution >= 0.6 is 0 Å². The van der Waals surface area contributed by atoms with Gasteiger partial charge in [-0.3, -0.25) is 0 Å². The monoisotopic (exact) mass is 241 g/mol. The Balaban J connectivity index is 3.11. The summed E-state index contributed by atoms with van der Waals surface area (Å²) in [6, 6.07) is 5.37. The van der Waals surface area contributed by atoms with Crippen LogP contribution in [-0.4, -0.2) is 13.2 Å². The number of rotatable bonds is 2. The predicted octanol–water partition coefficient (Wildman–Crippen LogP) is 2.29. The molecule has 1 rings (SSSR count). The molecule has 0 bridgehead atoms. The van der Waals surface area contributed by atoms with Crippen LogP contribution in [0.3, 0.4) is 0 Å². The molecule has 0 saturated heterocycles. The zero-order valence-corrected chi connectivity index (χ0v) is 11.1. The van der Waals surface area contributed by atoms with Crippen LogP contribution in [0.4, 0.5) is 5.69 Å². The van der Waals surface area contributed by atoms with Crippen molar-refractivity contribution in [1.82, 2.24) is 0 Å². The summed E-state index contributed by atoms with van der Waals surface area (Å²) in [5.74, 6) is 0.0490. The summed E-state index contributed by atoms with van der Waals surface area (Å²) in [6.45, 7) is 7.03. The third kappa shape index (κ3) is 2.76. The van der Waals surface area contributed by atoms with Gasteiger partial charge in [0.15, 0.2) is 9.84 Å². The molecule has 16 heavy (non-hydrogen) atoms. The minimum atomic E-state index is -3.15. The van der Waals surface area contributed by atoms with Crippen molar-refractivity contribution in [3.05, 3.63) is 29.3 Å². The lowest BCUT2D eigenvalue weighted by atomic mass is 10.1. The van der Waals surface area contributed by atoms with E-state index in [0.717, 1.165) is 11.1 Å². The maximum atomic E-state index is 12.0. The first-order valence-corrected chi connectivity index (χ1v) is 6.86. The second kappa shape index (κ2) is 4.09. The van der Waals surface area contributed by atoms with E-state index in [1.165, 1.54) is 0 Å². The van der Waals surface area contributed by atoms with Crippen LogP contribution in [0.25, 0.3) is 0 Å². The summed E-state index contributed by atoms with van der Waals surface area (Å²) in [5, 5.41) is 0. The fraction of sp³-hybridized carbons (Fsp3) is 0.500. The molecule has 2 N–H and O–H groups in total. The number of hydrogen-bond donors (Lipinski definition) is 1. The number of aryl methyl sites for hydroxylation is 1. The summed E-state index contributed by atoms with van der Waals surface area (Å²) in [6.07, 6.45) is 0. The van der Waals surface area contributed by atoms with Crippen molar-refractivity contribution in [2.24, 2.45) is 0 Å². The summed E-state index contributed by atoms with van der Waals surface area (Å²) in [7, 11) is -3.15. The van der Waals surface area contributed by atoms with Gasteiger partial charge in [0, 0.05) is 5.69 Å². The lowest BCUT2D eigenvalue weighted by Gasteiger charge is -2.20. The van der Waals surface area contributed by atoms with Crippen molar-refractivity contribution < 1.29 is 8.42 Å². The molecular weight excluding hydrogens is 222 g/mol. The number of nitrogens with two attached hydrogens (primary N) is 1. The highest BCUT2D eigenvalue weighted by Crippen LogP contribution is 2.23. The first-order chi connectivity index (χ1) is 7.13. The molecule has 0 amide bonds. The van der Waals surface area contributed by atoms with Gasteiger partial charge in [-0.2, -0.15) is 0 Å². The maximum Gasteiger partial charge on any atom is 0.159 e. The van der Waals surface area contributed by atoms with E-state index in [-0.39, 0.29) is 5.75 Å². The van der Waals surface area contributed by atoms with Gasteiger partial charge >= 0.3 is 0 Å². The largest absolute Gasteiger partial charge is 0.399 e. The Morgan fingerprint density at radius 1 is 1.25 bits per heavy atom. The molecule has 0 aliphatic carbocycles. The average Bonchev–Trinajstić information content (AvgIpc) is 2.09. The number of nitrogen functional groups attached to an aromatic ring is 1. The van der Waals surface area contributed by atoms with E-state index in [9.17, 15) is 8.42 Å². The van der Waals surface area contributed by atoms with Crippen LogP contribution in [0.5, 0.6) is 0 Å². The molecule has 0 spiro atoms. The lowest BCUT2D eigenvalue weighted by molar-refractivity contribution is 0.559. The van der Waals surface area contributed by atoms with E-state index in [4.69, 9.17) is 5.73 Å². The Kier molecular flexibility index (Phi) is 3.33. The van der Waals surface area contributed by atoms with E-state index in [1.54, 1.807) is 32.9 Å². The van der Waals surface area contributed by atoms with Gasteiger partial charge in [-0.15, -0.1) is 0 Å². The van der Waals surface area contributed by atoms with Crippen molar-refractivity contribution in [3.63, 3.8) is 0 Å².